The van der Waals surface area contributed by atoms with E-state index < -0.39 is 0 Å². The maximum atomic E-state index is 12.7. The summed E-state index contributed by atoms with van der Waals surface area (Å²) in [6.07, 6.45) is 2.51. The Hall–Kier alpha value is -1.43. The fourth-order valence-electron chi connectivity index (χ4n) is 4.16. The molecule has 0 saturated carbocycles. The fourth-order valence-corrected chi connectivity index (χ4v) is 4.16. The lowest BCUT2D eigenvalue weighted by atomic mass is 9.98. The summed E-state index contributed by atoms with van der Waals surface area (Å²) >= 11 is 0. The van der Waals surface area contributed by atoms with Crippen molar-refractivity contribution in [3.8, 4) is 0 Å². The highest BCUT2D eigenvalue weighted by molar-refractivity contribution is 5.77. The smallest absolute Gasteiger partial charge is 0.225 e. The Morgan fingerprint density at radius 1 is 1.12 bits per heavy atom. The molecule has 2 saturated heterocycles. The zero-order valence-electron chi connectivity index (χ0n) is 15.6. The van der Waals surface area contributed by atoms with Crippen LogP contribution in [0, 0.1) is 0 Å². The van der Waals surface area contributed by atoms with Gasteiger partial charge in [-0.25, -0.2) is 0 Å². The van der Waals surface area contributed by atoms with Gasteiger partial charge in [-0.1, -0.05) is 30.3 Å². The number of hydrogen-bond acceptors (Lipinski definition) is 4. The molecule has 5 heteroatoms. The minimum Gasteiger partial charge on any atom is -0.384 e. The average molecular weight is 345 g/mol. The van der Waals surface area contributed by atoms with Crippen molar-refractivity contribution in [3.63, 3.8) is 0 Å². The molecular formula is C20H31N3O2. The first-order valence-electron chi connectivity index (χ1n) is 9.44. The van der Waals surface area contributed by atoms with Gasteiger partial charge in [-0.2, -0.15) is 0 Å². The molecule has 2 aliphatic rings. The number of amides is 1. The van der Waals surface area contributed by atoms with Crippen molar-refractivity contribution in [2.75, 3.05) is 53.5 Å². The fraction of sp³-hybridized carbons (Fsp3) is 0.650. The molecule has 0 unspecified atom stereocenters. The molecule has 5 nitrogen and oxygen atoms in total. The lowest BCUT2D eigenvalue weighted by Crippen LogP contribution is -2.54. The zero-order valence-corrected chi connectivity index (χ0v) is 15.6. The molecule has 1 amide bonds. The highest BCUT2D eigenvalue weighted by Crippen LogP contribution is 2.27. The van der Waals surface area contributed by atoms with Crippen molar-refractivity contribution in [3.05, 3.63) is 35.9 Å². The van der Waals surface area contributed by atoms with Crippen LogP contribution in [0.2, 0.25) is 0 Å². The molecule has 0 aromatic heterocycles. The van der Waals surface area contributed by atoms with Crippen molar-refractivity contribution in [2.45, 2.75) is 31.3 Å². The summed E-state index contributed by atoms with van der Waals surface area (Å²) in [6.45, 7) is 5.82. The molecule has 2 fully saturated rings. The minimum atomic E-state index is 0.236. The molecule has 2 heterocycles. The van der Waals surface area contributed by atoms with Crippen LogP contribution in [0.5, 0.6) is 0 Å². The Labute approximate surface area is 151 Å². The summed E-state index contributed by atoms with van der Waals surface area (Å²) in [5, 5.41) is 0. The topological polar surface area (TPSA) is 36.0 Å². The number of piperazine rings is 1. The third kappa shape index (κ3) is 4.60. The molecule has 0 bridgehead atoms. The Morgan fingerprint density at radius 3 is 2.52 bits per heavy atom. The number of hydrogen-bond donors (Lipinski definition) is 0. The summed E-state index contributed by atoms with van der Waals surface area (Å²) in [6, 6.07) is 11.3. The van der Waals surface area contributed by atoms with Crippen molar-refractivity contribution >= 4 is 5.91 Å². The largest absolute Gasteiger partial charge is 0.384 e. The molecule has 25 heavy (non-hydrogen) atoms. The Bertz CT molecular complexity index is 543. The van der Waals surface area contributed by atoms with Gasteiger partial charge in [0.05, 0.1) is 19.1 Å². The predicted molar refractivity (Wildman–Crippen MR) is 99.6 cm³/mol. The standard InChI is InChI=1S/C20H31N3O2/c1-21-11-13-22(14-12-21)18-8-10-23(20(24)9-15-25-2)19(18)16-17-6-4-3-5-7-17/h3-7,18-19H,8-16H2,1-2H3/t18-,19+/m1/s1. The Balaban J connectivity index is 1.73. The predicted octanol–water partition coefficient (Wildman–Crippen LogP) is 1.48. The number of likely N-dealkylation sites (N-methyl/N-ethyl adjacent to an activating group) is 1. The first-order valence-corrected chi connectivity index (χ1v) is 9.44. The van der Waals surface area contributed by atoms with E-state index in [1.807, 2.05) is 0 Å². The highest BCUT2D eigenvalue weighted by Gasteiger charge is 2.40. The first kappa shape index (κ1) is 18.4. The van der Waals surface area contributed by atoms with Crippen LogP contribution in [-0.2, 0) is 16.0 Å². The van der Waals surface area contributed by atoms with E-state index in [4.69, 9.17) is 4.74 Å². The lowest BCUT2D eigenvalue weighted by molar-refractivity contribution is -0.133. The Kier molecular flexibility index (Phi) is 6.45. The third-order valence-corrected chi connectivity index (χ3v) is 5.65. The summed E-state index contributed by atoms with van der Waals surface area (Å²) in [5.41, 5.74) is 1.32. The summed E-state index contributed by atoms with van der Waals surface area (Å²) in [4.78, 5) is 19.8. The molecule has 1 aromatic carbocycles. The molecule has 138 valence electrons. The number of benzene rings is 1. The number of ether oxygens (including phenoxy) is 1. The van der Waals surface area contributed by atoms with Crippen LogP contribution in [-0.4, -0.2) is 86.2 Å². The minimum absolute atomic E-state index is 0.236. The van der Waals surface area contributed by atoms with Crippen LogP contribution < -0.4 is 0 Å². The molecular weight excluding hydrogens is 314 g/mol. The van der Waals surface area contributed by atoms with Crippen LogP contribution in [0.25, 0.3) is 0 Å². The molecule has 1 aromatic rings. The van der Waals surface area contributed by atoms with E-state index >= 15 is 0 Å². The molecule has 2 atom stereocenters. The van der Waals surface area contributed by atoms with E-state index in [1.54, 1.807) is 7.11 Å². The average Bonchev–Trinajstić information content (AvgIpc) is 3.05. The van der Waals surface area contributed by atoms with Crippen LogP contribution in [0.15, 0.2) is 30.3 Å². The Morgan fingerprint density at radius 2 is 1.84 bits per heavy atom. The second-order valence-electron chi connectivity index (χ2n) is 7.28. The van der Waals surface area contributed by atoms with E-state index in [-0.39, 0.29) is 11.9 Å². The van der Waals surface area contributed by atoms with Crippen molar-refractivity contribution in [1.29, 1.82) is 0 Å². The normalized spacial score (nSPS) is 25.4. The van der Waals surface area contributed by atoms with Crippen LogP contribution >= 0.6 is 0 Å². The second kappa shape index (κ2) is 8.79. The van der Waals surface area contributed by atoms with Gasteiger partial charge in [-0.3, -0.25) is 9.69 Å². The highest BCUT2D eigenvalue weighted by atomic mass is 16.5. The van der Waals surface area contributed by atoms with Gasteiger partial charge in [0.2, 0.25) is 5.91 Å². The second-order valence-corrected chi connectivity index (χ2v) is 7.28. The maximum Gasteiger partial charge on any atom is 0.225 e. The van der Waals surface area contributed by atoms with Gasteiger partial charge in [-0.05, 0) is 25.5 Å². The van der Waals surface area contributed by atoms with E-state index in [0.717, 1.165) is 45.6 Å². The van der Waals surface area contributed by atoms with Gasteiger partial charge in [0.1, 0.15) is 0 Å². The quantitative estimate of drug-likeness (QED) is 0.783. The van der Waals surface area contributed by atoms with E-state index in [2.05, 4.69) is 52.1 Å². The van der Waals surface area contributed by atoms with Gasteiger partial charge < -0.3 is 14.5 Å². The molecule has 0 aliphatic carbocycles. The molecule has 0 radical (unpaired) electrons. The monoisotopic (exact) mass is 345 g/mol. The summed E-state index contributed by atoms with van der Waals surface area (Å²) < 4.78 is 5.12. The summed E-state index contributed by atoms with van der Waals surface area (Å²) in [5.74, 6) is 0.236. The number of carbonyl (C=O) groups is 1. The number of nitrogens with zero attached hydrogens (tertiary/aromatic N) is 3. The van der Waals surface area contributed by atoms with Crippen molar-refractivity contribution < 1.29 is 9.53 Å². The van der Waals surface area contributed by atoms with E-state index in [1.165, 1.54) is 5.56 Å². The molecule has 0 spiro atoms. The van der Waals surface area contributed by atoms with Gasteiger partial charge in [0, 0.05) is 45.9 Å². The molecule has 2 aliphatic heterocycles. The maximum absolute atomic E-state index is 12.7. The molecule has 3 rings (SSSR count). The first-order chi connectivity index (χ1) is 12.2. The van der Waals surface area contributed by atoms with Crippen LogP contribution in [0.1, 0.15) is 18.4 Å². The van der Waals surface area contributed by atoms with Gasteiger partial charge in [0.15, 0.2) is 0 Å². The van der Waals surface area contributed by atoms with Gasteiger partial charge in [-0.15, -0.1) is 0 Å². The van der Waals surface area contributed by atoms with Crippen LogP contribution in [0.3, 0.4) is 0 Å². The van der Waals surface area contributed by atoms with E-state index in [9.17, 15) is 4.79 Å². The number of rotatable bonds is 6. The summed E-state index contributed by atoms with van der Waals surface area (Å²) in [7, 11) is 3.85. The molecule has 0 N–H and O–H groups in total. The SMILES string of the molecule is COCCC(=O)N1CC[C@@H](N2CCN(C)CC2)[C@@H]1Cc1ccccc1. The zero-order chi connectivity index (χ0) is 17.6. The number of carbonyl (C=O) groups excluding carboxylic acids is 1. The van der Waals surface area contributed by atoms with Crippen molar-refractivity contribution in [2.24, 2.45) is 0 Å². The van der Waals surface area contributed by atoms with Crippen molar-refractivity contribution in [1.82, 2.24) is 14.7 Å². The third-order valence-electron chi connectivity index (χ3n) is 5.65. The number of methoxy groups -OCH3 is 1. The van der Waals surface area contributed by atoms with E-state index in [0.29, 0.717) is 19.1 Å². The van der Waals surface area contributed by atoms with Crippen LogP contribution in [0.4, 0.5) is 0 Å². The number of likely N-dealkylation sites (tertiary alicyclic amines) is 1. The van der Waals surface area contributed by atoms with Gasteiger partial charge in [0.25, 0.3) is 0 Å². The van der Waals surface area contributed by atoms with Gasteiger partial charge >= 0.3 is 0 Å². The lowest BCUT2D eigenvalue weighted by Gasteiger charge is -2.40.